The minimum atomic E-state index is 0.676. The van der Waals surface area contributed by atoms with Gasteiger partial charge in [0, 0.05) is 6.04 Å². The number of hydrogen-bond acceptors (Lipinski definition) is 1. The topological polar surface area (TPSA) is 12.4 Å². The van der Waals surface area contributed by atoms with Crippen LogP contribution in [0.15, 0.2) is 4.99 Å². The number of unbranched alkanes of at least 4 members (excludes halogenated alkanes) is 1. The molecule has 0 spiro atoms. The molecule has 1 saturated carbocycles. The van der Waals surface area contributed by atoms with Crippen LogP contribution >= 0.6 is 0 Å². The van der Waals surface area contributed by atoms with Crippen molar-refractivity contribution in [3.8, 4) is 0 Å². The zero-order chi connectivity index (χ0) is 7.94. The highest BCUT2D eigenvalue weighted by molar-refractivity contribution is 5.57. The molecule has 0 aromatic carbocycles. The molecule has 11 heavy (non-hydrogen) atoms. The summed E-state index contributed by atoms with van der Waals surface area (Å²) in [5.74, 6) is 0. The van der Waals surface area contributed by atoms with E-state index in [0.29, 0.717) is 6.04 Å². The van der Waals surface area contributed by atoms with E-state index in [2.05, 4.69) is 18.1 Å². The largest absolute Gasteiger partial charge is 0.294 e. The fourth-order valence-corrected chi connectivity index (χ4v) is 1.58. The van der Waals surface area contributed by atoms with E-state index in [9.17, 15) is 0 Å². The molecule has 0 radical (unpaired) electrons. The summed E-state index contributed by atoms with van der Waals surface area (Å²) in [5.41, 5.74) is 0. The van der Waals surface area contributed by atoms with Crippen LogP contribution in [-0.2, 0) is 0 Å². The van der Waals surface area contributed by atoms with Crippen LogP contribution in [0.4, 0.5) is 0 Å². The molecule has 0 aliphatic heterocycles. The average Bonchev–Trinajstić information content (AvgIpc) is 2.07. The Labute approximate surface area is 69.9 Å². The van der Waals surface area contributed by atoms with Gasteiger partial charge in [0.15, 0.2) is 0 Å². The number of rotatable bonds is 3. The van der Waals surface area contributed by atoms with Crippen LogP contribution in [0.5, 0.6) is 0 Å². The van der Waals surface area contributed by atoms with Crippen molar-refractivity contribution >= 4 is 6.21 Å². The summed E-state index contributed by atoms with van der Waals surface area (Å²) >= 11 is 0. The van der Waals surface area contributed by atoms with Gasteiger partial charge in [-0.05, 0) is 25.5 Å². The summed E-state index contributed by atoms with van der Waals surface area (Å²) in [6.07, 6.45) is 11.4. The van der Waals surface area contributed by atoms with Crippen molar-refractivity contribution in [1.82, 2.24) is 0 Å². The van der Waals surface area contributed by atoms with Gasteiger partial charge in [0.2, 0.25) is 0 Å². The number of nitrogens with zero attached hydrogens (tertiary/aromatic N) is 1. The SMILES string of the molecule is CCC/C=N/C1CCCCC1. The van der Waals surface area contributed by atoms with E-state index in [4.69, 9.17) is 0 Å². The van der Waals surface area contributed by atoms with Crippen LogP contribution in [0.2, 0.25) is 0 Å². The molecule has 0 N–H and O–H groups in total. The lowest BCUT2D eigenvalue weighted by Crippen LogP contribution is -2.09. The Morgan fingerprint density at radius 3 is 2.64 bits per heavy atom. The van der Waals surface area contributed by atoms with E-state index in [1.165, 1.54) is 38.5 Å². The molecule has 0 bridgehead atoms. The highest BCUT2D eigenvalue weighted by Crippen LogP contribution is 2.19. The Kier molecular flexibility index (Phi) is 4.25. The van der Waals surface area contributed by atoms with Gasteiger partial charge in [-0.2, -0.15) is 0 Å². The molecular weight excluding hydrogens is 134 g/mol. The maximum absolute atomic E-state index is 4.55. The maximum Gasteiger partial charge on any atom is 0.0495 e. The molecule has 64 valence electrons. The van der Waals surface area contributed by atoms with Crippen molar-refractivity contribution in [3.05, 3.63) is 0 Å². The van der Waals surface area contributed by atoms with Gasteiger partial charge in [-0.3, -0.25) is 4.99 Å². The van der Waals surface area contributed by atoms with Crippen LogP contribution < -0.4 is 0 Å². The van der Waals surface area contributed by atoms with Gasteiger partial charge in [0.1, 0.15) is 0 Å². The first-order chi connectivity index (χ1) is 5.43. The Morgan fingerprint density at radius 1 is 1.27 bits per heavy atom. The molecule has 0 amide bonds. The Balaban J connectivity index is 2.13. The van der Waals surface area contributed by atoms with Crippen molar-refractivity contribution in [2.75, 3.05) is 0 Å². The molecule has 0 saturated heterocycles. The molecule has 0 heterocycles. The minimum absolute atomic E-state index is 0.676. The molecule has 0 aromatic heterocycles. The van der Waals surface area contributed by atoms with Gasteiger partial charge in [-0.1, -0.05) is 32.6 Å². The van der Waals surface area contributed by atoms with Crippen molar-refractivity contribution in [2.24, 2.45) is 4.99 Å². The predicted molar refractivity (Wildman–Crippen MR) is 50.3 cm³/mol. The van der Waals surface area contributed by atoms with Gasteiger partial charge in [-0.25, -0.2) is 0 Å². The molecular formula is C10H19N. The van der Waals surface area contributed by atoms with E-state index < -0.39 is 0 Å². The average molecular weight is 153 g/mol. The molecule has 1 nitrogen and oxygen atoms in total. The van der Waals surface area contributed by atoms with E-state index >= 15 is 0 Å². The quantitative estimate of drug-likeness (QED) is 0.552. The molecule has 1 aliphatic carbocycles. The van der Waals surface area contributed by atoms with Crippen LogP contribution in [0, 0.1) is 0 Å². The van der Waals surface area contributed by atoms with Crippen LogP contribution in [0.3, 0.4) is 0 Å². The second-order valence-electron chi connectivity index (χ2n) is 3.41. The summed E-state index contributed by atoms with van der Waals surface area (Å²) in [7, 11) is 0. The molecule has 1 rings (SSSR count). The second-order valence-corrected chi connectivity index (χ2v) is 3.41. The van der Waals surface area contributed by atoms with Gasteiger partial charge in [0.25, 0.3) is 0 Å². The highest BCUT2D eigenvalue weighted by atomic mass is 14.8. The van der Waals surface area contributed by atoms with E-state index in [1.54, 1.807) is 0 Å². The van der Waals surface area contributed by atoms with Crippen molar-refractivity contribution in [3.63, 3.8) is 0 Å². The van der Waals surface area contributed by atoms with Crippen LogP contribution in [0.1, 0.15) is 51.9 Å². The van der Waals surface area contributed by atoms with E-state index in [0.717, 1.165) is 6.42 Å². The Bertz CT molecular complexity index is 112. The normalized spacial score (nSPS) is 21.2. The standard InChI is InChI=1S/C10H19N/c1-2-3-9-11-10-7-5-4-6-8-10/h9-10H,2-8H2,1H3/b11-9+. The zero-order valence-electron chi connectivity index (χ0n) is 7.55. The van der Waals surface area contributed by atoms with Gasteiger partial charge in [0.05, 0.1) is 0 Å². The van der Waals surface area contributed by atoms with E-state index in [1.807, 2.05) is 0 Å². The third-order valence-corrected chi connectivity index (χ3v) is 2.31. The summed E-state index contributed by atoms with van der Waals surface area (Å²) in [4.78, 5) is 4.55. The molecule has 0 aromatic rings. The zero-order valence-corrected chi connectivity index (χ0v) is 7.55. The third kappa shape index (κ3) is 3.54. The fraction of sp³-hybridized carbons (Fsp3) is 0.900. The van der Waals surface area contributed by atoms with Crippen LogP contribution in [0.25, 0.3) is 0 Å². The lowest BCUT2D eigenvalue weighted by molar-refractivity contribution is 0.444. The molecule has 1 fully saturated rings. The third-order valence-electron chi connectivity index (χ3n) is 2.31. The summed E-state index contributed by atoms with van der Waals surface area (Å²) in [5, 5.41) is 0. The number of aliphatic imine (C=N–C) groups is 1. The van der Waals surface area contributed by atoms with Crippen molar-refractivity contribution in [1.29, 1.82) is 0 Å². The minimum Gasteiger partial charge on any atom is -0.294 e. The summed E-state index contributed by atoms with van der Waals surface area (Å²) < 4.78 is 0. The van der Waals surface area contributed by atoms with Gasteiger partial charge in [-0.15, -0.1) is 0 Å². The van der Waals surface area contributed by atoms with Gasteiger partial charge >= 0.3 is 0 Å². The van der Waals surface area contributed by atoms with E-state index in [-0.39, 0.29) is 0 Å². The first kappa shape index (κ1) is 8.76. The first-order valence-corrected chi connectivity index (χ1v) is 4.95. The van der Waals surface area contributed by atoms with Gasteiger partial charge < -0.3 is 0 Å². The van der Waals surface area contributed by atoms with Crippen LogP contribution in [-0.4, -0.2) is 12.3 Å². The van der Waals surface area contributed by atoms with Crippen molar-refractivity contribution < 1.29 is 0 Å². The monoisotopic (exact) mass is 153 g/mol. The molecule has 0 atom stereocenters. The Morgan fingerprint density at radius 2 is 2.00 bits per heavy atom. The molecule has 1 aliphatic rings. The number of hydrogen-bond donors (Lipinski definition) is 0. The molecule has 0 unspecified atom stereocenters. The second kappa shape index (κ2) is 5.34. The maximum atomic E-state index is 4.55. The summed E-state index contributed by atoms with van der Waals surface area (Å²) in [6.45, 7) is 2.20. The smallest absolute Gasteiger partial charge is 0.0495 e. The first-order valence-electron chi connectivity index (χ1n) is 4.95. The lowest BCUT2D eigenvalue weighted by atomic mass is 9.96. The van der Waals surface area contributed by atoms with Crippen molar-refractivity contribution in [2.45, 2.75) is 57.9 Å². The summed E-state index contributed by atoms with van der Waals surface area (Å²) in [6, 6.07) is 0.676. The fourth-order valence-electron chi connectivity index (χ4n) is 1.58. The predicted octanol–water partition coefficient (Wildman–Crippen LogP) is 3.19. The Hall–Kier alpha value is -0.330. The highest BCUT2D eigenvalue weighted by Gasteiger charge is 2.09. The lowest BCUT2D eigenvalue weighted by Gasteiger charge is -2.16. The molecule has 1 heteroatoms.